The van der Waals surface area contributed by atoms with E-state index in [2.05, 4.69) is 20.9 Å². The molecule has 2 aromatic heterocycles. The molecule has 35 heavy (non-hydrogen) atoms. The highest BCUT2D eigenvalue weighted by Crippen LogP contribution is 2.44. The first-order valence-corrected chi connectivity index (χ1v) is 12.3. The summed E-state index contributed by atoms with van der Waals surface area (Å²) in [6.45, 7) is 2.27. The molecule has 2 N–H and O–H groups in total. The molecule has 0 saturated heterocycles. The fraction of sp³-hybridized carbons (Fsp3) is 0.407. The number of aliphatic carboxylic acids is 1. The zero-order valence-corrected chi connectivity index (χ0v) is 19.7. The maximum Gasteiger partial charge on any atom is 0.306 e. The van der Waals surface area contributed by atoms with Gasteiger partial charge in [-0.05, 0) is 55.9 Å². The molecule has 0 radical (unpaired) electrons. The zero-order valence-electron chi connectivity index (χ0n) is 19.7. The minimum absolute atomic E-state index is 0.206. The molecule has 0 amide bonds. The molecule has 0 unspecified atom stereocenters. The Balaban J connectivity index is 1.34. The molecule has 3 aliphatic rings. The number of carboxylic acid groups (broad SMARTS) is 1. The first kappa shape index (κ1) is 22.2. The third-order valence-corrected chi connectivity index (χ3v) is 8.04. The third kappa shape index (κ3) is 3.71. The van der Waals surface area contributed by atoms with Gasteiger partial charge in [0.2, 0.25) is 0 Å². The first-order chi connectivity index (χ1) is 16.9. The van der Waals surface area contributed by atoms with Crippen molar-refractivity contribution in [3.8, 4) is 11.1 Å². The summed E-state index contributed by atoms with van der Waals surface area (Å²) in [5.74, 6) is -1.73. The van der Waals surface area contributed by atoms with Crippen LogP contribution in [0.5, 0.6) is 0 Å². The van der Waals surface area contributed by atoms with Gasteiger partial charge >= 0.3 is 5.97 Å². The highest BCUT2D eigenvalue weighted by Gasteiger charge is 2.32. The van der Waals surface area contributed by atoms with Crippen LogP contribution in [0.4, 0.5) is 14.5 Å². The summed E-state index contributed by atoms with van der Waals surface area (Å²) < 4.78 is 29.3. The average Bonchev–Trinajstić information content (AvgIpc) is 3.15. The quantitative estimate of drug-likeness (QED) is 0.542. The average molecular weight is 479 g/mol. The summed E-state index contributed by atoms with van der Waals surface area (Å²) in [5.41, 5.74) is 5.51. The molecule has 1 saturated carbocycles. The molecule has 1 aromatic carbocycles. The van der Waals surface area contributed by atoms with E-state index in [1.54, 1.807) is 6.07 Å². The lowest BCUT2D eigenvalue weighted by Crippen LogP contribution is -2.41. The van der Waals surface area contributed by atoms with Crippen LogP contribution >= 0.6 is 0 Å². The Kier molecular flexibility index (Phi) is 5.36. The summed E-state index contributed by atoms with van der Waals surface area (Å²) in [4.78, 5) is 23.6. The second-order valence-corrected chi connectivity index (χ2v) is 10.0. The van der Waals surface area contributed by atoms with Crippen LogP contribution in [0, 0.1) is 17.6 Å². The Morgan fingerprint density at radius 1 is 1.20 bits per heavy atom. The van der Waals surface area contributed by atoms with E-state index in [4.69, 9.17) is 0 Å². The van der Waals surface area contributed by atoms with Crippen molar-refractivity contribution >= 4 is 28.3 Å². The van der Waals surface area contributed by atoms with Crippen molar-refractivity contribution in [2.45, 2.75) is 44.7 Å². The van der Waals surface area contributed by atoms with Gasteiger partial charge < -0.3 is 15.0 Å². The van der Waals surface area contributed by atoms with Gasteiger partial charge in [-0.25, -0.2) is 13.8 Å². The lowest BCUT2D eigenvalue weighted by Gasteiger charge is -2.37. The number of nitrogens with zero attached hydrogens (tertiary/aromatic N) is 3. The van der Waals surface area contributed by atoms with E-state index in [0.29, 0.717) is 29.4 Å². The molecular weight excluding hydrogens is 450 g/mol. The van der Waals surface area contributed by atoms with E-state index >= 15 is 4.39 Å². The first-order valence-electron chi connectivity index (χ1n) is 12.3. The van der Waals surface area contributed by atoms with E-state index in [-0.39, 0.29) is 5.92 Å². The molecule has 3 aromatic rings. The second-order valence-electron chi connectivity index (χ2n) is 10.0. The fourth-order valence-corrected chi connectivity index (χ4v) is 6.19. The van der Waals surface area contributed by atoms with Gasteiger partial charge in [0.15, 0.2) is 0 Å². The molecule has 6 rings (SSSR count). The largest absolute Gasteiger partial charge is 0.481 e. The van der Waals surface area contributed by atoms with Gasteiger partial charge in [-0.15, -0.1) is 0 Å². The highest BCUT2D eigenvalue weighted by molar-refractivity contribution is 6.03. The number of hydrogen-bond acceptors (Lipinski definition) is 4. The van der Waals surface area contributed by atoms with Crippen molar-refractivity contribution < 1.29 is 18.7 Å². The molecular formula is C27H28F2N4O2. The van der Waals surface area contributed by atoms with Crippen molar-refractivity contribution in [3.63, 3.8) is 0 Å². The van der Waals surface area contributed by atoms with E-state index in [9.17, 15) is 14.3 Å². The number of rotatable bonds is 3. The number of anilines is 1. The highest BCUT2D eigenvalue weighted by atomic mass is 19.1. The van der Waals surface area contributed by atoms with E-state index in [1.807, 2.05) is 11.9 Å². The molecule has 0 atom stereocenters. The second kappa shape index (κ2) is 8.45. The Morgan fingerprint density at radius 3 is 2.71 bits per heavy atom. The molecule has 8 heteroatoms. The number of carbonyl (C=O) groups is 1. The van der Waals surface area contributed by atoms with Crippen molar-refractivity contribution in [1.29, 1.82) is 0 Å². The minimum Gasteiger partial charge on any atom is -0.481 e. The van der Waals surface area contributed by atoms with Crippen LogP contribution in [0.2, 0.25) is 0 Å². The van der Waals surface area contributed by atoms with Gasteiger partial charge in [0.25, 0.3) is 0 Å². The van der Waals surface area contributed by atoms with Crippen LogP contribution in [0.15, 0.2) is 30.5 Å². The van der Waals surface area contributed by atoms with Crippen LogP contribution in [0.3, 0.4) is 0 Å². The summed E-state index contributed by atoms with van der Waals surface area (Å²) in [5, 5.41) is 10.0. The smallest absolute Gasteiger partial charge is 0.306 e. The SMILES string of the molecule is CN1Cc2c(C3=CCN([C@H]4CC[C@H](C(=O)O)CC4)CC3)[nH]c3ncc(F)c(c23)-c2cc(F)ccc21. The standard InChI is InChI=1S/C27H28F2N4O2/c1-32-14-20-24-23(19-12-17(28)4-7-22(19)32)21(29)13-30-26(24)31-25(20)15-8-10-33(11-9-15)18-5-2-16(3-6-18)27(34)35/h4,7-8,12-13,16,18H,2-3,5-6,9-11,14H2,1H3,(H,30,31)(H,34,35)/t16-,18-. The van der Waals surface area contributed by atoms with Crippen molar-refractivity contribution in [2.24, 2.45) is 5.92 Å². The number of H-pyrrole nitrogens is 1. The Morgan fingerprint density at radius 2 is 2.00 bits per heavy atom. The van der Waals surface area contributed by atoms with Crippen molar-refractivity contribution in [1.82, 2.24) is 14.9 Å². The summed E-state index contributed by atoms with van der Waals surface area (Å²) in [6, 6.07) is 4.95. The monoisotopic (exact) mass is 478 g/mol. The van der Waals surface area contributed by atoms with Crippen molar-refractivity contribution in [3.05, 3.63) is 53.4 Å². The summed E-state index contributed by atoms with van der Waals surface area (Å²) >= 11 is 0. The molecule has 182 valence electrons. The Bertz CT molecular complexity index is 1360. The number of nitrogens with one attached hydrogen (secondary N) is 1. The number of fused-ring (bicyclic) bond motifs is 2. The number of hydrogen-bond donors (Lipinski definition) is 2. The van der Waals surface area contributed by atoms with E-state index < -0.39 is 17.6 Å². The topological polar surface area (TPSA) is 72.5 Å². The predicted octanol–water partition coefficient (Wildman–Crippen LogP) is 5.19. The van der Waals surface area contributed by atoms with Crippen LogP contribution in [0.1, 0.15) is 43.4 Å². The number of aromatic nitrogens is 2. The zero-order chi connectivity index (χ0) is 24.3. The van der Waals surface area contributed by atoms with E-state index in [0.717, 1.165) is 67.5 Å². The molecule has 0 bridgehead atoms. The molecule has 4 heterocycles. The molecule has 1 fully saturated rings. The minimum atomic E-state index is -0.674. The Labute approximate surface area is 202 Å². The molecule has 0 spiro atoms. The van der Waals surface area contributed by atoms with Crippen molar-refractivity contribution in [2.75, 3.05) is 25.0 Å². The van der Waals surface area contributed by atoms with Gasteiger partial charge in [-0.2, -0.15) is 0 Å². The normalized spacial score (nSPS) is 22.6. The van der Waals surface area contributed by atoms with Crippen LogP contribution in [0.25, 0.3) is 27.7 Å². The number of aromatic amines is 1. The van der Waals surface area contributed by atoms with Crippen LogP contribution < -0.4 is 4.90 Å². The maximum absolute atomic E-state index is 15.2. The molecule has 2 aliphatic heterocycles. The van der Waals surface area contributed by atoms with Gasteiger partial charge in [0, 0.05) is 66.2 Å². The third-order valence-electron chi connectivity index (χ3n) is 8.04. The number of carboxylic acids is 1. The summed E-state index contributed by atoms with van der Waals surface area (Å²) in [7, 11) is 1.95. The Hall–Kier alpha value is -3.26. The predicted molar refractivity (Wildman–Crippen MR) is 131 cm³/mol. The fourth-order valence-electron chi connectivity index (χ4n) is 6.19. The van der Waals surface area contributed by atoms with Crippen LogP contribution in [-0.2, 0) is 11.3 Å². The van der Waals surface area contributed by atoms with Gasteiger partial charge in [-0.3, -0.25) is 9.69 Å². The van der Waals surface area contributed by atoms with Gasteiger partial charge in [0.05, 0.1) is 12.1 Å². The number of benzene rings is 1. The number of pyridine rings is 1. The van der Waals surface area contributed by atoms with Gasteiger partial charge in [0.1, 0.15) is 17.3 Å². The van der Waals surface area contributed by atoms with Gasteiger partial charge in [-0.1, -0.05) is 6.08 Å². The molecule has 6 nitrogen and oxygen atoms in total. The maximum atomic E-state index is 15.2. The number of halogens is 2. The summed E-state index contributed by atoms with van der Waals surface area (Å²) in [6.07, 6.45) is 7.63. The van der Waals surface area contributed by atoms with Crippen LogP contribution in [-0.4, -0.2) is 52.1 Å². The lowest BCUT2D eigenvalue weighted by molar-refractivity contribution is -0.143. The van der Waals surface area contributed by atoms with E-state index in [1.165, 1.54) is 23.9 Å². The molecule has 1 aliphatic carbocycles. The lowest BCUT2D eigenvalue weighted by atomic mass is 9.84.